The lowest BCUT2D eigenvalue weighted by molar-refractivity contribution is 0.415. The predicted molar refractivity (Wildman–Crippen MR) is 131 cm³/mol. The van der Waals surface area contributed by atoms with Crippen LogP contribution in [0.15, 0.2) is 65.9 Å². The SMILES string of the molecule is CN=C1C=CN(c2ccc3[nH]c(C)cc3c2)C(NCCc2c[nH]c3ccc(OC)cc23)N1. The summed E-state index contributed by atoms with van der Waals surface area (Å²) in [5, 5.41) is 9.53. The van der Waals surface area contributed by atoms with Gasteiger partial charge >= 0.3 is 0 Å². The van der Waals surface area contributed by atoms with Gasteiger partial charge in [0.25, 0.3) is 0 Å². The Kier molecular flexibility index (Phi) is 5.33. The third-order valence-electron chi connectivity index (χ3n) is 5.94. The zero-order valence-electron chi connectivity index (χ0n) is 18.6. The number of anilines is 1. The lowest BCUT2D eigenvalue weighted by atomic mass is 10.1. The average molecular weight is 429 g/mol. The predicted octanol–water partition coefficient (Wildman–Crippen LogP) is 4.03. The van der Waals surface area contributed by atoms with Gasteiger partial charge in [-0.25, -0.2) is 0 Å². The van der Waals surface area contributed by atoms with Crippen LogP contribution in [0.4, 0.5) is 5.69 Å². The van der Waals surface area contributed by atoms with Gasteiger partial charge in [-0.2, -0.15) is 0 Å². The molecule has 7 nitrogen and oxygen atoms in total. The summed E-state index contributed by atoms with van der Waals surface area (Å²) in [4.78, 5) is 13.3. The van der Waals surface area contributed by atoms with Crippen molar-refractivity contribution in [3.05, 3.63) is 72.2 Å². The first-order chi connectivity index (χ1) is 15.6. The summed E-state index contributed by atoms with van der Waals surface area (Å²) in [5.41, 5.74) is 5.81. The van der Waals surface area contributed by atoms with Crippen LogP contribution in [0.3, 0.4) is 0 Å². The van der Waals surface area contributed by atoms with Crippen LogP contribution in [0.5, 0.6) is 5.75 Å². The molecule has 0 saturated carbocycles. The zero-order chi connectivity index (χ0) is 22.1. The van der Waals surface area contributed by atoms with Crippen LogP contribution in [-0.4, -0.2) is 42.8 Å². The fourth-order valence-electron chi connectivity index (χ4n) is 4.28. The van der Waals surface area contributed by atoms with E-state index >= 15 is 0 Å². The van der Waals surface area contributed by atoms with E-state index in [1.54, 1.807) is 14.2 Å². The van der Waals surface area contributed by atoms with Gasteiger partial charge in [-0.1, -0.05) is 0 Å². The molecule has 0 radical (unpaired) electrons. The highest BCUT2D eigenvalue weighted by Crippen LogP contribution is 2.26. The highest BCUT2D eigenvalue weighted by Gasteiger charge is 2.21. The first-order valence-electron chi connectivity index (χ1n) is 10.8. The maximum absolute atomic E-state index is 5.40. The van der Waals surface area contributed by atoms with Crippen LogP contribution >= 0.6 is 0 Å². The average Bonchev–Trinajstić information content (AvgIpc) is 3.40. The first-order valence-corrected chi connectivity index (χ1v) is 10.8. The van der Waals surface area contributed by atoms with Crippen LogP contribution in [-0.2, 0) is 6.42 Å². The van der Waals surface area contributed by atoms with E-state index < -0.39 is 0 Å². The van der Waals surface area contributed by atoms with E-state index in [1.807, 2.05) is 12.1 Å². The monoisotopic (exact) mass is 428 g/mol. The van der Waals surface area contributed by atoms with Gasteiger partial charge in [0.05, 0.1) is 7.11 Å². The van der Waals surface area contributed by atoms with E-state index in [0.29, 0.717) is 0 Å². The molecular formula is C25H28N6O. The van der Waals surface area contributed by atoms with Crippen molar-refractivity contribution in [3.63, 3.8) is 0 Å². The molecule has 1 aliphatic heterocycles. The maximum Gasteiger partial charge on any atom is 0.160 e. The van der Waals surface area contributed by atoms with Gasteiger partial charge in [0.15, 0.2) is 6.29 Å². The smallest absolute Gasteiger partial charge is 0.160 e. The molecule has 2 aromatic heterocycles. The van der Waals surface area contributed by atoms with E-state index in [1.165, 1.54) is 16.3 Å². The van der Waals surface area contributed by atoms with Crippen LogP contribution in [0.25, 0.3) is 21.8 Å². The Hall–Kier alpha value is -3.71. The summed E-state index contributed by atoms with van der Waals surface area (Å²) in [6.45, 7) is 2.88. The summed E-state index contributed by atoms with van der Waals surface area (Å²) in [6.07, 6.45) is 6.94. The second-order valence-electron chi connectivity index (χ2n) is 8.03. The molecule has 32 heavy (non-hydrogen) atoms. The highest BCUT2D eigenvalue weighted by atomic mass is 16.5. The van der Waals surface area contributed by atoms with Crippen molar-refractivity contribution in [2.45, 2.75) is 19.6 Å². The third-order valence-corrected chi connectivity index (χ3v) is 5.94. The van der Waals surface area contributed by atoms with E-state index in [2.05, 4.69) is 86.2 Å². The second kappa shape index (κ2) is 8.43. The van der Waals surface area contributed by atoms with Crippen molar-refractivity contribution in [3.8, 4) is 5.75 Å². The molecule has 4 N–H and O–H groups in total. The standard InChI is InChI=1S/C25H28N6O/c1-16-12-18-13-19(4-6-22(18)29-16)31-11-9-24(26-2)30-25(31)27-10-8-17-15-28-23-7-5-20(32-3)14-21(17)23/h4-7,9,11-15,25,27-29H,8,10H2,1-3H3,(H,26,30). The van der Waals surface area contributed by atoms with Crippen LogP contribution in [0, 0.1) is 6.92 Å². The Bertz CT molecular complexity index is 1310. The molecule has 4 aromatic rings. The fourth-order valence-corrected chi connectivity index (χ4v) is 4.28. The summed E-state index contributed by atoms with van der Waals surface area (Å²) in [7, 11) is 3.50. The number of aryl methyl sites for hydroxylation is 1. The van der Waals surface area contributed by atoms with Gasteiger partial charge in [0.2, 0.25) is 0 Å². The molecule has 0 spiro atoms. The molecule has 0 amide bonds. The molecule has 1 unspecified atom stereocenters. The molecule has 0 saturated heterocycles. The largest absolute Gasteiger partial charge is 0.497 e. The highest BCUT2D eigenvalue weighted by molar-refractivity contribution is 5.95. The number of amidine groups is 1. The van der Waals surface area contributed by atoms with Gasteiger partial charge in [-0.3, -0.25) is 10.3 Å². The van der Waals surface area contributed by atoms with Crippen molar-refractivity contribution in [2.75, 3.05) is 25.6 Å². The summed E-state index contributed by atoms with van der Waals surface area (Å²) in [5.74, 6) is 1.73. The van der Waals surface area contributed by atoms with Crippen LogP contribution in [0.2, 0.25) is 0 Å². The lowest BCUT2D eigenvalue weighted by Gasteiger charge is -2.35. The lowest BCUT2D eigenvalue weighted by Crippen LogP contribution is -2.57. The number of aromatic nitrogens is 2. The quantitative estimate of drug-likeness (QED) is 0.374. The van der Waals surface area contributed by atoms with Crippen LogP contribution in [0.1, 0.15) is 11.3 Å². The van der Waals surface area contributed by atoms with E-state index in [-0.39, 0.29) is 6.29 Å². The Morgan fingerprint density at radius 2 is 2.00 bits per heavy atom. The van der Waals surface area contributed by atoms with Crippen molar-refractivity contribution in [2.24, 2.45) is 4.99 Å². The number of nitrogens with zero attached hydrogens (tertiary/aromatic N) is 2. The number of fused-ring (bicyclic) bond motifs is 2. The minimum absolute atomic E-state index is 0.101. The number of rotatable bonds is 6. The van der Waals surface area contributed by atoms with E-state index in [0.717, 1.165) is 47.0 Å². The second-order valence-corrected chi connectivity index (χ2v) is 8.03. The molecule has 0 fully saturated rings. The van der Waals surface area contributed by atoms with Gasteiger partial charge in [-0.15, -0.1) is 0 Å². The molecule has 1 aliphatic rings. The first kappa shape index (κ1) is 20.2. The minimum Gasteiger partial charge on any atom is -0.497 e. The number of aromatic amines is 2. The Balaban J connectivity index is 1.35. The third kappa shape index (κ3) is 3.83. The van der Waals surface area contributed by atoms with Gasteiger partial charge < -0.3 is 24.9 Å². The van der Waals surface area contributed by atoms with Gasteiger partial charge in [-0.05, 0) is 67.4 Å². The molecule has 7 heteroatoms. The summed E-state index contributed by atoms with van der Waals surface area (Å²) in [6, 6.07) is 14.8. The van der Waals surface area contributed by atoms with Crippen molar-refractivity contribution < 1.29 is 4.74 Å². The van der Waals surface area contributed by atoms with Crippen molar-refractivity contribution in [1.82, 2.24) is 20.6 Å². The Labute approximate surface area is 187 Å². The number of hydrogen-bond donors (Lipinski definition) is 4. The normalized spacial score (nSPS) is 17.4. The molecule has 0 bridgehead atoms. The number of ether oxygens (including phenoxy) is 1. The zero-order valence-corrected chi connectivity index (χ0v) is 18.6. The molecule has 0 aliphatic carbocycles. The van der Waals surface area contributed by atoms with E-state index in [9.17, 15) is 0 Å². The molecule has 164 valence electrons. The summed E-state index contributed by atoms with van der Waals surface area (Å²) < 4.78 is 5.40. The molecular weight excluding hydrogens is 400 g/mol. The number of hydrogen-bond acceptors (Lipinski definition) is 4. The number of benzene rings is 2. The summed E-state index contributed by atoms with van der Waals surface area (Å²) >= 11 is 0. The Morgan fingerprint density at radius 1 is 1.12 bits per heavy atom. The topological polar surface area (TPSA) is 80.5 Å². The number of H-pyrrole nitrogens is 2. The number of aliphatic imine (C=N–C) groups is 1. The van der Waals surface area contributed by atoms with Gasteiger partial charge in [0, 0.05) is 59.2 Å². The fraction of sp³-hybridized carbons (Fsp3) is 0.240. The molecule has 1 atom stereocenters. The van der Waals surface area contributed by atoms with Crippen molar-refractivity contribution >= 4 is 33.3 Å². The van der Waals surface area contributed by atoms with Gasteiger partial charge in [0.1, 0.15) is 11.6 Å². The van der Waals surface area contributed by atoms with E-state index in [4.69, 9.17) is 4.74 Å². The Morgan fingerprint density at radius 3 is 2.84 bits per heavy atom. The maximum atomic E-state index is 5.40. The minimum atomic E-state index is -0.101. The van der Waals surface area contributed by atoms with Crippen molar-refractivity contribution in [1.29, 1.82) is 0 Å². The number of methoxy groups -OCH3 is 1. The molecule has 3 heterocycles. The number of nitrogens with one attached hydrogen (secondary N) is 4. The molecule has 2 aromatic carbocycles. The van der Waals surface area contributed by atoms with Crippen LogP contribution < -0.4 is 20.3 Å². The molecule has 5 rings (SSSR count).